The summed E-state index contributed by atoms with van der Waals surface area (Å²) in [5, 5.41) is 8.68. The van der Waals surface area contributed by atoms with Crippen molar-refractivity contribution in [2.45, 2.75) is 44.6 Å². The van der Waals surface area contributed by atoms with E-state index in [0.717, 1.165) is 35.0 Å². The van der Waals surface area contributed by atoms with Crippen molar-refractivity contribution >= 4 is 28.5 Å². The van der Waals surface area contributed by atoms with Crippen molar-refractivity contribution < 1.29 is 4.79 Å². The molecule has 1 aliphatic carbocycles. The molecule has 1 fully saturated rings. The number of aromatic amines is 1. The average Bonchev–Trinajstić information content (AvgIpc) is 3.50. The summed E-state index contributed by atoms with van der Waals surface area (Å²) in [6, 6.07) is 14.9. The largest absolute Gasteiger partial charge is 0.366 e. The fourth-order valence-electron chi connectivity index (χ4n) is 5.69. The molecule has 0 spiro atoms. The Kier molecular flexibility index (Phi) is 5.78. The van der Waals surface area contributed by atoms with Gasteiger partial charge in [-0.3, -0.25) is 9.89 Å². The summed E-state index contributed by atoms with van der Waals surface area (Å²) < 4.78 is 0. The molecule has 1 aliphatic heterocycles. The molecule has 7 heteroatoms. The number of rotatable bonds is 4. The van der Waals surface area contributed by atoms with Gasteiger partial charge in [0.25, 0.3) is 0 Å². The van der Waals surface area contributed by atoms with Gasteiger partial charge in [0.15, 0.2) is 5.65 Å². The topological polar surface area (TPSA) is 87.9 Å². The van der Waals surface area contributed by atoms with Gasteiger partial charge in [0.05, 0.1) is 16.3 Å². The highest BCUT2D eigenvalue weighted by Gasteiger charge is 2.24. The summed E-state index contributed by atoms with van der Waals surface area (Å²) in [4.78, 5) is 18.9. The predicted molar refractivity (Wildman–Crippen MR) is 140 cm³/mol. The van der Waals surface area contributed by atoms with E-state index in [1.165, 1.54) is 55.5 Å². The molecular formula is C28H28ClN5O. The summed E-state index contributed by atoms with van der Waals surface area (Å²) in [6.07, 6.45) is 9.36. The Hall–Kier alpha value is -3.22. The molecule has 3 heterocycles. The van der Waals surface area contributed by atoms with Crippen LogP contribution in [0.25, 0.3) is 33.4 Å². The van der Waals surface area contributed by atoms with Crippen LogP contribution in [0.1, 0.15) is 47.2 Å². The van der Waals surface area contributed by atoms with E-state index in [9.17, 15) is 4.79 Å². The number of fused-ring (bicyclic) bond motifs is 2. The third-order valence-corrected chi connectivity index (χ3v) is 7.94. The molecule has 35 heavy (non-hydrogen) atoms. The molecule has 2 aliphatic rings. The van der Waals surface area contributed by atoms with Crippen LogP contribution in [0.5, 0.6) is 0 Å². The lowest BCUT2D eigenvalue weighted by Crippen LogP contribution is -2.32. The molecule has 1 amide bonds. The van der Waals surface area contributed by atoms with Crippen LogP contribution in [0.2, 0.25) is 5.02 Å². The van der Waals surface area contributed by atoms with Gasteiger partial charge in [-0.1, -0.05) is 35.9 Å². The van der Waals surface area contributed by atoms with E-state index in [4.69, 9.17) is 17.3 Å². The van der Waals surface area contributed by atoms with Gasteiger partial charge >= 0.3 is 0 Å². The van der Waals surface area contributed by atoms with Crippen molar-refractivity contribution in [2.75, 3.05) is 13.1 Å². The van der Waals surface area contributed by atoms with Crippen LogP contribution in [0.15, 0.2) is 48.7 Å². The van der Waals surface area contributed by atoms with E-state index in [2.05, 4.69) is 44.3 Å². The number of H-pyrrole nitrogens is 1. The normalized spacial score (nSPS) is 18.5. The van der Waals surface area contributed by atoms with Crippen LogP contribution >= 0.6 is 11.6 Å². The number of aromatic nitrogens is 3. The molecule has 1 unspecified atom stereocenters. The number of hydrogen-bond donors (Lipinski definition) is 2. The van der Waals surface area contributed by atoms with Crippen LogP contribution in [0.3, 0.4) is 0 Å². The number of pyridine rings is 1. The van der Waals surface area contributed by atoms with Crippen molar-refractivity contribution in [3.63, 3.8) is 0 Å². The van der Waals surface area contributed by atoms with Crippen molar-refractivity contribution in [1.29, 1.82) is 0 Å². The summed E-state index contributed by atoms with van der Waals surface area (Å²) in [5.41, 5.74) is 13.2. The highest BCUT2D eigenvalue weighted by Crippen LogP contribution is 2.33. The number of primary amides is 1. The minimum Gasteiger partial charge on any atom is -0.366 e. The molecule has 3 N–H and O–H groups in total. The molecule has 4 aromatic rings. The second-order valence-corrected chi connectivity index (χ2v) is 10.1. The maximum absolute atomic E-state index is 11.5. The monoisotopic (exact) mass is 485 g/mol. The number of nitrogens with two attached hydrogens (primary N) is 1. The SMILES string of the molecule is NC(=O)c1ccc(-c2[nH]nc3ncc(-c4ccc5c(c4)CCC(N4CCCC4)CC5)cc23)cc1Cl. The quantitative estimate of drug-likeness (QED) is 0.379. The lowest BCUT2D eigenvalue weighted by Gasteiger charge is -2.25. The van der Waals surface area contributed by atoms with Crippen LogP contribution in [0.4, 0.5) is 0 Å². The van der Waals surface area contributed by atoms with Crippen LogP contribution in [-0.4, -0.2) is 45.1 Å². The fraction of sp³-hybridized carbons (Fsp3) is 0.321. The zero-order valence-electron chi connectivity index (χ0n) is 19.6. The minimum absolute atomic E-state index is 0.301. The Labute approximate surface area is 209 Å². The Balaban J connectivity index is 1.31. The first-order chi connectivity index (χ1) is 17.1. The van der Waals surface area contributed by atoms with E-state index in [0.29, 0.717) is 22.3 Å². The highest BCUT2D eigenvalue weighted by molar-refractivity contribution is 6.34. The molecular weight excluding hydrogens is 458 g/mol. The Morgan fingerprint density at radius 3 is 2.51 bits per heavy atom. The van der Waals surface area contributed by atoms with Crippen LogP contribution < -0.4 is 5.73 Å². The predicted octanol–water partition coefficient (Wildman–Crippen LogP) is 5.39. The first kappa shape index (κ1) is 22.3. The maximum atomic E-state index is 11.5. The van der Waals surface area contributed by atoms with Crippen molar-refractivity contribution in [1.82, 2.24) is 20.1 Å². The van der Waals surface area contributed by atoms with E-state index >= 15 is 0 Å². The number of halogens is 1. The second kappa shape index (κ2) is 9.10. The standard InChI is InChI=1S/C28H28ClN5O/c29-25-15-20(7-10-23(25)27(30)35)26-24-14-21(16-31-28(24)33-32-26)19-4-3-17-5-8-22(9-6-18(17)13-19)34-11-1-2-12-34/h3-4,7,10,13-16,22H,1-2,5-6,8-9,11-12H2,(H2,30,35)(H,31,32,33). The van der Waals surface area contributed by atoms with Gasteiger partial charge in [-0.25, -0.2) is 4.98 Å². The third kappa shape index (κ3) is 4.21. The first-order valence-corrected chi connectivity index (χ1v) is 12.7. The molecule has 6 rings (SSSR count). The Bertz CT molecular complexity index is 1420. The average molecular weight is 486 g/mol. The number of aryl methyl sites for hydroxylation is 2. The van der Waals surface area contributed by atoms with Crippen molar-refractivity contribution in [2.24, 2.45) is 5.73 Å². The van der Waals surface area contributed by atoms with Crippen LogP contribution in [0, 0.1) is 0 Å². The van der Waals surface area contributed by atoms with E-state index in [-0.39, 0.29) is 0 Å². The van der Waals surface area contributed by atoms with E-state index in [1.807, 2.05) is 12.3 Å². The number of likely N-dealkylation sites (tertiary alicyclic amines) is 1. The number of carbonyl (C=O) groups is 1. The molecule has 6 nitrogen and oxygen atoms in total. The molecule has 1 atom stereocenters. The Morgan fingerprint density at radius 2 is 1.74 bits per heavy atom. The zero-order valence-corrected chi connectivity index (χ0v) is 20.3. The number of amides is 1. The number of hydrogen-bond acceptors (Lipinski definition) is 4. The lowest BCUT2D eigenvalue weighted by atomic mass is 9.96. The molecule has 0 radical (unpaired) electrons. The molecule has 1 saturated heterocycles. The summed E-state index contributed by atoms with van der Waals surface area (Å²) in [7, 11) is 0. The minimum atomic E-state index is -0.546. The number of benzene rings is 2. The van der Waals surface area contributed by atoms with E-state index in [1.54, 1.807) is 12.1 Å². The van der Waals surface area contributed by atoms with Crippen LogP contribution in [-0.2, 0) is 12.8 Å². The molecule has 0 bridgehead atoms. The molecule has 0 saturated carbocycles. The van der Waals surface area contributed by atoms with Crippen molar-refractivity contribution in [3.05, 3.63) is 70.4 Å². The zero-order chi connectivity index (χ0) is 23.9. The van der Waals surface area contributed by atoms with Gasteiger partial charge in [0, 0.05) is 28.8 Å². The number of nitrogens with one attached hydrogen (secondary N) is 1. The smallest absolute Gasteiger partial charge is 0.250 e. The van der Waals surface area contributed by atoms with Gasteiger partial charge in [0.1, 0.15) is 0 Å². The maximum Gasteiger partial charge on any atom is 0.250 e. The summed E-state index contributed by atoms with van der Waals surface area (Å²) in [5.74, 6) is -0.546. The number of nitrogens with zero attached hydrogens (tertiary/aromatic N) is 3. The summed E-state index contributed by atoms with van der Waals surface area (Å²) >= 11 is 6.30. The summed E-state index contributed by atoms with van der Waals surface area (Å²) in [6.45, 7) is 2.53. The fourth-order valence-corrected chi connectivity index (χ4v) is 5.96. The molecule has 2 aromatic carbocycles. The lowest BCUT2D eigenvalue weighted by molar-refractivity contribution is 0.100. The second-order valence-electron chi connectivity index (χ2n) is 9.71. The first-order valence-electron chi connectivity index (χ1n) is 12.4. The van der Waals surface area contributed by atoms with Gasteiger partial charge in [0.2, 0.25) is 5.91 Å². The number of carbonyl (C=O) groups excluding carboxylic acids is 1. The molecule has 2 aromatic heterocycles. The highest BCUT2D eigenvalue weighted by atomic mass is 35.5. The van der Waals surface area contributed by atoms with Gasteiger partial charge in [-0.05, 0) is 86.5 Å². The van der Waals surface area contributed by atoms with E-state index < -0.39 is 5.91 Å². The van der Waals surface area contributed by atoms with Gasteiger partial charge in [-0.15, -0.1) is 0 Å². The van der Waals surface area contributed by atoms with Crippen molar-refractivity contribution in [3.8, 4) is 22.4 Å². The van der Waals surface area contributed by atoms with Gasteiger partial charge < -0.3 is 10.6 Å². The van der Waals surface area contributed by atoms with Gasteiger partial charge in [-0.2, -0.15) is 5.10 Å². The Morgan fingerprint density at radius 1 is 0.971 bits per heavy atom. The third-order valence-electron chi connectivity index (χ3n) is 7.62. The molecule has 178 valence electrons.